The fourth-order valence-electron chi connectivity index (χ4n) is 2.79. The van der Waals surface area contributed by atoms with Crippen LogP contribution in [0.4, 0.5) is 0 Å². The van der Waals surface area contributed by atoms with E-state index in [0.717, 1.165) is 58.9 Å². The van der Waals surface area contributed by atoms with Gasteiger partial charge in [-0.3, -0.25) is 0 Å². The van der Waals surface area contributed by atoms with Gasteiger partial charge in [0.05, 0.1) is 67.6 Å². The maximum atomic E-state index is 10.3. The highest BCUT2D eigenvalue weighted by molar-refractivity contribution is 5.25. The highest BCUT2D eigenvalue weighted by atomic mass is 127. The SMILES string of the molecule is C[N+](C)(C)CCCC(O)c1ccc(C(O)CCC[N+](C)(C)C)cc1.[I-].[I-]. The molecule has 0 heterocycles. The molecule has 154 valence electrons. The van der Waals surface area contributed by atoms with Gasteiger partial charge in [0.15, 0.2) is 0 Å². The summed E-state index contributed by atoms with van der Waals surface area (Å²) in [6.07, 6.45) is 2.73. The molecule has 1 aromatic rings. The Balaban J connectivity index is 0. The van der Waals surface area contributed by atoms with E-state index in [1.54, 1.807) is 0 Å². The number of aliphatic hydroxyl groups is 2. The van der Waals surface area contributed by atoms with Gasteiger partial charge in [-0.25, -0.2) is 0 Å². The fraction of sp³-hybridized carbons (Fsp3) is 0.700. The average molecular weight is 592 g/mol. The molecule has 0 fully saturated rings. The lowest BCUT2D eigenvalue weighted by Crippen LogP contribution is -3.00. The minimum Gasteiger partial charge on any atom is -1.00 e. The van der Waals surface area contributed by atoms with Crippen LogP contribution in [0.15, 0.2) is 24.3 Å². The molecular weight excluding hydrogens is 554 g/mol. The van der Waals surface area contributed by atoms with E-state index in [1.165, 1.54) is 0 Å². The van der Waals surface area contributed by atoms with Gasteiger partial charge in [0.1, 0.15) is 0 Å². The van der Waals surface area contributed by atoms with Crippen molar-refractivity contribution in [1.29, 1.82) is 0 Å². The molecule has 2 N–H and O–H groups in total. The Bertz CT molecular complexity index is 437. The first-order valence-electron chi connectivity index (χ1n) is 9.05. The Hall–Kier alpha value is 0.520. The van der Waals surface area contributed by atoms with Crippen molar-refractivity contribution in [3.63, 3.8) is 0 Å². The van der Waals surface area contributed by atoms with Crippen molar-refractivity contribution in [1.82, 2.24) is 0 Å². The van der Waals surface area contributed by atoms with Crippen LogP contribution in [0.2, 0.25) is 0 Å². The zero-order valence-corrected chi connectivity index (χ0v) is 21.6. The van der Waals surface area contributed by atoms with E-state index >= 15 is 0 Å². The van der Waals surface area contributed by atoms with Crippen molar-refractivity contribution < 1.29 is 67.1 Å². The summed E-state index contributed by atoms with van der Waals surface area (Å²) in [4.78, 5) is 0. The summed E-state index contributed by atoms with van der Waals surface area (Å²) in [5, 5.41) is 20.6. The van der Waals surface area contributed by atoms with Crippen molar-refractivity contribution in [3.05, 3.63) is 35.4 Å². The summed E-state index contributed by atoms with van der Waals surface area (Å²) in [7, 11) is 13.0. The molecule has 0 aromatic heterocycles. The zero-order chi connectivity index (χ0) is 18.4. The third kappa shape index (κ3) is 12.8. The van der Waals surface area contributed by atoms with Crippen LogP contribution in [-0.4, -0.2) is 74.6 Å². The van der Waals surface area contributed by atoms with Crippen molar-refractivity contribution in [2.75, 3.05) is 55.4 Å². The van der Waals surface area contributed by atoms with E-state index in [-0.39, 0.29) is 48.0 Å². The van der Waals surface area contributed by atoms with Crippen LogP contribution in [0.5, 0.6) is 0 Å². The molecule has 1 aromatic carbocycles. The van der Waals surface area contributed by atoms with Gasteiger partial charge in [0.2, 0.25) is 0 Å². The molecule has 4 nitrogen and oxygen atoms in total. The number of rotatable bonds is 10. The molecule has 0 aliphatic rings. The first kappa shape index (κ1) is 28.7. The quantitative estimate of drug-likeness (QED) is 0.222. The maximum Gasteiger partial charge on any atom is 0.0792 e. The number of quaternary nitrogens is 2. The molecule has 1 rings (SSSR count). The van der Waals surface area contributed by atoms with E-state index in [0.29, 0.717) is 0 Å². The Labute approximate surface area is 194 Å². The van der Waals surface area contributed by atoms with Gasteiger partial charge in [-0.15, -0.1) is 0 Å². The largest absolute Gasteiger partial charge is 1.00 e. The minimum absolute atomic E-state index is 0. The molecule has 0 saturated carbocycles. The molecule has 0 bridgehead atoms. The van der Waals surface area contributed by atoms with Gasteiger partial charge in [0, 0.05) is 0 Å². The molecular formula is C20H38I2N2O2. The predicted octanol–water partition coefficient (Wildman–Crippen LogP) is -3.27. The Morgan fingerprint density at radius 2 is 0.923 bits per heavy atom. The van der Waals surface area contributed by atoms with Crippen LogP contribution >= 0.6 is 0 Å². The number of nitrogens with zero attached hydrogens (tertiary/aromatic N) is 2. The van der Waals surface area contributed by atoms with Crippen LogP contribution in [0.1, 0.15) is 49.0 Å². The van der Waals surface area contributed by atoms with E-state index in [1.807, 2.05) is 24.3 Å². The summed E-state index contributed by atoms with van der Waals surface area (Å²) in [5.41, 5.74) is 1.89. The molecule has 0 radical (unpaired) electrons. The smallest absolute Gasteiger partial charge is 0.0792 e. The minimum atomic E-state index is -0.416. The van der Waals surface area contributed by atoms with E-state index < -0.39 is 12.2 Å². The number of hydrogen-bond acceptors (Lipinski definition) is 2. The second kappa shape index (κ2) is 12.9. The predicted molar refractivity (Wildman–Crippen MR) is 101 cm³/mol. The molecule has 0 aliphatic heterocycles. The van der Waals surface area contributed by atoms with Crippen LogP contribution in [0.3, 0.4) is 0 Å². The van der Waals surface area contributed by atoms with Crippen LogP contribution < -0.4 is 48.0 Å². The normalized spacial score (nSPS) is 14.2. The van der Waals surface area contributed by atoms with Gasteiger partial charge >= 0.3 is 0 Å². The van der Waals surface area contributed by atoms with Gasteiger partial charge in [-0.1, -0.05) is 24.3 Å². The van der Waals surface area contributed by atoms with Crippen LogP contribution in [-0.2, 0) is 0 Å². The van der Waals surface area contributed by atoms with Gasteiger partial charge in [-0.05, 0) is 36.8 Å². The molecule has 26 heavy (non-hydrogen) atoms. The Kier molecular flexibility index (Phi) is 14.2. The molecule has 0 saturated heterocycles. The highest BCUT2D eigenvalue weighted by Gasteiger charge is 2.14. The topological polar surface area (TPSA) is 40.5 Å². The summed E-state index contributed by atoms with van der Waals surface area (Å²) < 4.78 is 1.84. The lowest BCUT2D eigenvalue weighted by atomic mass is 9.99. The number of hydrogen-bond donors (Lipinski definition) is 2. The lowest BCUT2D eigenvalue weighted by molar-refractivity contribution is -0.870. The highest BCUT2D eigenvalue weighted by Crippen LogP contribution is 2.23. The van der Waals surface area contributed by atoms with E-state index in [9.17, 15) is 10.2 Å². The number of benzene rings is 1. The van der Waals surface area contributed by atoms with Gasteiger partial charge in [0.25, 0.3) is 0 Å². The fourth-order valence-corrected chi connectivity index (χ4v) is 2.79. The Morgan fingerprint density at radius 3 is 1.15 bits per heavy atom. The van der Waals surface area contributed by atoms with Gasteiger partial charge < -0.3 is 67.1 Å². The van der Waals surface area contributed by atoms with E-state index in [4.69, 9.17) is 0 Å². The van der Waals surface area contributed by atoms with Crippen molar-refractivity contribution in [2.24, 2.45) is 0 Å². The standard InChI is InChI=1S/C20H38N2O2.2HI/c1-21(2,3)15-7-9-19(23)17-11-13-18(14-12-17)20(24)10-8-16-22(4,5)6;;/h11-14,19-20,23-24H,7-10,15-16H2,1-6H3;2*1H/q+2;;/p-2. The molecule has 2 atom stereocenters. The number of aliphatic hydroxyl groups excluding tert-OH is 2. The zero-order valence-electron chi connectivity index (χ0n) is 17.3. The van der Waals surface area contributed by atoms with Crippen molar-refractivity contribution >= 4 is 0 Å². The molecule has 0 aliphatic carbocycles. The molecule has 0 amide bonds. The second-order valence-corrected chi connectivity index (χ2v) is 9.01. The maximum absolute atomic E-state index is 10.3. The van der Waals surface area contributed by atoms with Crippen LogP contribution in [0, 0.1) is 0 Å². The first-order valence-corrected chi connectivity index (χ1v) is 9.05. The third-order valence-corrected chi connectivity index (χ3v) is 4.32. The van der Waals surface area contributed by atoms with Gasteiger partial charge in [-0.2, -0.15) is 0 Å². The summed E-state index contributed by atoms with van der Waals surface area (Å²) in [5.74, 6) is 0. The van der Waals surface area contributed by atoms with E-state index in [2.05, 4.69) is 42.3 Å². The lowest BCUT2D eigenvalue weighted by Gasteiger charge is -2.24. The first-order chi connectivity index (χ1) is 11.0. The number of halogens is 2. The molecule has 0 spiro atoms. The van der Waals surface area contributed by atoms with Crippen molar-refractivity contribution in [2.45, 2.75) is 37.9 Å². The van der Waals surface area contributed by atoms with Crippen molar-refractivity contribution in [3.8, 4) is 0 Å². The molecule has 2 unspecified atom stereocenters. The summed E-state index contributed by atoms with van der Waals surface area (Å²) in [6, 6.07) is 7.81. The third-order valence-electron chi connectivity index (χ3n) is 4.32. The summed E-state index contributed by atoms with van der Waals surface area (Å²) in [6.45, 7) is 2.11. The molecule has 6 heteroatoms. The second-order valence-electron chi connectivity index (χ2n) is 9.01. The summed E-state index contributed by atoms with van der Waals surface area (Å²) >= 11 is 0. The average Bonchev–Trinajstić information content (AvgIpc) is 2.44. The monoisotopic (exact) mass is 592 g/mol. The Morgan fingerprint density at radius 1 is 0.654 bits per heavy atom. The van der Waals surface area contributed by atoms with Crippen LogP contribution in [0.25, 0.3) is 0 Å².